The van der Waals surface area contributed by atoms with Crippen LogP contribution in [0.1, 0.15) is 29.2 Å². The summed E-state index contributed by atoms with van der Waals surface area (Å²) in [6, 6.07) is 12.5. The zero-order valence-electron chi connectivity index (χ0n) is 13.8. The van der Waals surface area contributed by atoms with Crippen molar-refractivity contribution < 1.29 is 8.42 Å². The lowest BCUT2D eigenvalue weighted by Crippen LogP contribution is -2.29. The van der Waals surface area contributed by atoms with Crippen LogP contribution in [0.3, 0.4) is 0 Å². The van der Waals surface area contributed by atoms with Crippen molar-refractivity contribution in [3.63, 3.8) is 0 Å². The molecular formula is C19H19ClN2O2S. The molecule has 0 fully saturated rings. The quantitative estimate of drug-likeness (QED) is 0.721. The molecule has 4 rings (SSSR count). The van der Waals surface area contributed by atoms with E-state index < -0.39 is 10.0 Å². The molecular weight excluding hydrogens is 356 g/mol. The van der Waals surface area contributed by atoms with Crippen molar-refractivity contribution in [1.82, 2.24) is 9.71 Å². The number of hydrogen-bond donors (Lipinski definition) is 2. The van der Waals surface area contributed by atoms with Crippen LogP contribution in [0, 0.1) is 6.92 Å². The van der Waals surface area contributed by atoms with Crippen molar-refractivity contribution in [2.75, 3.05) is 6.54 Å². The van der Waals surface area contributed by atoms with Gasteiger partial charge in [-0.1, -0.05) is 23.7 Å². The van der Waals surface area contributed by atoms with Gasteiger partial charge in [-0.25, -0.2) is 13.1 Å². The van der Waals surface area contributed by atoms with E-state index in [1.165, 1.54) is 28.6 Å². The molecule has 2 aromatic carbocycles. The Morgan fingerprint density at radius 1 is 1.20 bits per heavy atom. The van der Waals surface area contributed by atoms with E-state index in [1.807, 2.05) is 0 Å². The lowest BCUT2D eigenvalue weighted by Gasteiger charge is -2.24. The molecule has 0 bridgehead atoms. The maximum atomic E-state index is 12.5. The molecule has 1 aromatic heterocycles. The van der Waals surface area contributed by atoms with Crippen LogP contribution >= 0.6 is 11.6 Å². The van der Waals surface area contributed by atoms with E-state index in [-0.39, 0.29) is 10.8 Å². The SMILES string of the molecule is Cc1[nH]c2cccc3c2c1C(CNS(=O)(=O)c1ccc(Cl)cc1)CC3. The number of nitrogens with one attached hydrogen (secondary N) is 2. The Labute approximate surface area is 152 Å². The number of aryl methyl sites for hydroxylation is 2. The first-order valence-corrected chi connectivity index (χ1v) is 10.2. The molecule has 4 nitrogen and oxygen atoms in total. The number of hydrogen-bond acceptors (Lipinski definition) is 2. The lowest BCUT2D eigenvalue weighted by molar-refractivity contribution is 0.556. The predicted molar refractivity (Wildman–Crippen MR) is 101 cm³/mol. The third-order valence-electron chi connectivity index (χ3n) is 4.96. The topological polar surface area (TPSA) is 62.0 Å². The summed E-state index contributed by atoms with van der Waals surface area (Å²) in [4.78, 5) is 3.67. The summed E-state index contributed by atoms with van der Waals surface area (Å²) in [7, 11) is -3.54. The van der Waals surface area contributed by atoms with E-state index in [0.717, 1.165) is 24.1 Å². The van der Waals surface area contributed by atoms with Gasteiger partial charge in [0, 0.05) is 34.1 Å². The van der Waals surface area contributed by atoms with Crippen molar-refractivity contribution in [3.8, 4) is 0 Å². The van der Waals surface area contributed by atoms with E-state index in [2.05, 4.69) is 34.8 Å². The fraction of sp³-hybridized carbons (Fsp3) is 0.263. The van der Waals surface area contributed by atoms with Gasteiger partial charge >= 0.3 is 0 Å². The van der Waals surface area contributed by atoms with E-state index in [0.29, 0.717) is 11.6 Å². The van der Waals surface area contributed by atoms with Crippen molar-refractivity contribution in [3.05, 3.63) is 64.3 Å². The number of sulfonamides is 1. The minimum absolute atomic E-state index is 0.172. The average Bonchev–Trinajstić information content (AvgIpc) is 2.93. The Morgan fingerprint density at radius 2 is 1.96 bits per heavy atom. The second kappa shape index (κ2) is 6.16. The number of rotatable bonds is 4. The van der Waals surface area contributed by atoms with Crippen LogP contribution in [0.2, 0.25) is 5.02 Å². The van der Waals surface area contributed by atoms with Crippen molar-refractivity contribution in [2.45, 2.75) is 30.6 Å². The standard InChI is InChI=1S/C19H19ClN2O2S/c1-12-18-14(6-5-13-3-2-4-17(22-12)19(13)18)11-21-25(23,24)16-9-7-15(20)8-10-16/h2-4,7-10,14,21-22H,5-6,11H2,1H3. The highest BCUT2D eigenvalue weighted by Crippen LogP contribution is 2.38. The highest BCUT2D eigenvalue weighted by Gasteiger charge is 2.26. The summed E-state index contributed by atoms with van der Waals surface area (Å²) in [5.74, 6) is 0.172. The average molecular weight is 375 g/mol. The van der Waals surface area contributed by atoms with Gasteiger partial charge in [-0.15, -0.1) is 0 Å². The molecule has 1 atom stereocenters. The summed E-state index contributed by atoms with van der Waals surface area (Å²) < 4.78 is 27.8. The zero-order chi connectivity index (χ0) is 17.6. The highest BCUT2D eigenvalue weighted by atomic mass is 35.5. The van der Waals surface area contributed by atoms with Crippen molar-refractivity contribution in [1.29, 1.82) is 0 Å². The fourth-order valence-corrected chi connectivity index (χ4v) is 4.99. The van der Waals surface area contributed by atoms with Gasteiger partial charge < -0.3 is 4.98 Å². The van der Waals surface area contributed by atoms with E-state index >= 15 is 0 Å². The first-order valence-electron chi connectivity index (χ1n) is 8.31. The van der Waals surface area contributed by atoms with Crippen molar-refractivity contribution >= 4 is 32.5 Å². The normalized spacial score (nSPS) is 17.1. The molecule has 0 radical (unpaired) electrons. The van der Waals surface area contributed by atoms with E-state index in [9.17, 15) is 8.42 Å². The molecule has 25 heavy (non-hydrogen) atoms. The van der Waals surface area contributed by atoms with Gasteiger partial charge in [-0.3, -0.25) is 0 Å². The monoisotopic (exact) mass is 374 g/mol. The Kier molecular flexibility index (Phi) is 4.10. The number of aromatic nitrogens is 1. The van der Waals surface area contributed by atoms with E-state index in [4.69, 9.17) is 11.6 Å². The number of halogens is 1. The minimum Gasteiger partial charge on any atom is -0.358 e. The number of aromatic amines is 1. The van der Waals surface area contributed by atoms with Crippen LogP contribution in [0.5, 0.6) is 0 Å². The highest BCUT2D eigenvalue weighted by molar-refractivity contribution is 7.89. The van der Waals surface area contributed by atoms with Gasteiger partial charge in [0.2, 0.25) is 10.0 Å². The van der Waals surface area contributed by atoms with Crippen LogP contribution < -0.4 is 4.72 Å². The first-order chi connectivity index (χ1) is 12.0. The second-order valence-corrected chi connectivity index (χ2v) is 8.75. The molecule has 0 spiro atoms. The summed E-state index contributed by atoms with van der Waals surface area (Å²) >= 11 is 5.84. The van der Waals surface area contributed by atoms with Gasteiger partial charge in [0.1, 0.15) is 0 Å². The van der Waals surface area contributed by atoms with Gasteiger partial charge in [-0.2, -0.15) is 0 Å². The van der Waals surface area contributed by atoms with Crippen LogP contribution in [-0.4, -0.2) is 19.9 Å². The van der Waals surface area contributed by atoms with Crippen LogP contribution in [0.25, 0.3) is 10.9 Å². The van der Waals surface area contributed by atoms with Crippen LogP contribution in [0.15, 0.2) is 47.4 Å². The second-order valence-electron chi connectivity index (χ2n) is 6.54. The Bertz CT molecular complexity index is 1040. The van der Waals surface area contributed by atoms with Gasteiger partial charge in [-0.05, 0) is 61.2 Å². The molecule has 6 heteroatoms. The lowest BCUT2D eigenvalue weighted by atomic mass is 9.83. The summed E-state index contributed by atoms with van der Waals surface area (Å²) in [6.07, 6.45) is 1.91. The third kappa shape index (κ3) is 2.97. The maximum absolute atomic E-state index is 12.5. The van der Waals surface area contributed by atoms with Gasteiger partial charge in [0.15, 0.2) is 0 Å². The predicted octanol–water partition coefficient (Wildman–Crippen LogP) is 4.14. The molecule has 0 aliphatic heterocycles. The van der Waals surface area contributed by atoms with Crippen LogP contribution in [-0.2, 0) is 16.4 Å². The summed E-state index contributed by atoms with van der Waals surface area (Å²) in [6.45, 7) is 2.46. The maximum Gasteiger partial charge on any atom is 0.240 e. The summed E-state index contributed by atoms with van der Waals surface area (Å²) in [5, 5.41) is 1.79. The number of H-pyrrole nitrogens is 1. The van der Waals surface area contributed by atoms with Gasteiger partial charge in [0.25, 0.3) is 0 Å². The molecule has 130 valence electrons. The largest absolute Gasteiger partial charge is 0.358 e. The zero-order valence-corrected chi connectivity index (χ0v) is 15.4. The Morgan fingerprint density at radius 3 is 2.72 bits per heavy atom. The molecule has 3 aromatic rings. The Balaban J connectivity index is 1.61. The molecule has 0 saturated carbocycles. The molecule has 1 aliphatic rings. The third-order valence-corrected chi connectivity index (χ3v) is 6.65. The van der Waals surface area contributed by atoms with Crippen LogP contribution in [0.4, 0.5) is 0 Å². The Hall–Kier alpha value is -1.82. The molecule has 1 aliphatic carbocycles. The summed E-state index contributed by atoms with van der Waals surface area (Å²) in [5.41, 5.74) is 4.84. The minimum atomic E-state index is -3.54. The molecule has 1 unspecified atom stereocenters. The van der Waals surface area contributed by atoms with Crippen molar-refractivity contribution in [2.24, 2.45) is 0 Å². The number of benzene rings is 2. The fourth-order valence-electron chi connectivity index (χ4n) is 3.78. The molecule has 2 N–H and O–H groups in total. The molecule has 0 saturated heterocycles. The molecule has 0 amide bonds. The van der Waals surface area contributed by atoms with Gasteiger partial charge in [0.05, 0.1) is 4.90 Å². The first kappa shape index (κ1) is 16.6. The smallest absolute Gasteiger partial charge is 0.240 e. The van der Waals surface area contributed by atoms with E-state index in [1.54, 1.807) is 12.1 Å². The molecule has 1 heterocycles.